The minimum atomic E-state index is 0.276. The van der Waals surface area contributed by atoms with Crippen molar-refractivity contribution in [1.82, 2.24) is 0 Å². The van der Waals surface area contributed by atoms with Crippen LogP contribution in [0.2, 0.25) is 0 Å². The number of aryl methyl sites for hydroxylation is 4. The van der Waals surface area contributed by atoms with Crippen LogP contribution in [0.5, 0.6) is 0 Å². The summed E-state index contributed by atoms with van der Waals surface area (Å²) in [5, 5.41) is 17.6. The van der Waals surface area contributed by atoms with E-state index >= 15 is 0 Å². The second-order valence-electron chi connectivity index (χ2n) is 6.92. The third-order valence-corrected chi connectivity index (χ3v) is 7.57. The molecule has 0 unspecified atom stereocenters. The molecule has 0 atom stereocenters. The Balaban J connectivity index is 1.56. The fourth-order valence-electron chi connectivity index (χ4n) is 2.94. The Morgan fingerprint density at radius 2 is 0.655 bits per heavy atom. The molecule has 0 aromatic heterocycles. The van der Waals surface area contributed by atoms with E-state index in [1.54, 1.807) is 0 Å². The van der Waals surface area contributed by atoms with Gasteiger partial charge < -0.3 is 10.2 Å². The summed E-state index contributed by atoms with van der Waals surface area (Å²) in [6.07, 6.45) is 4.43. The topological polar surface area (TPSA) is 40.5 Å². The summed E-state index contributed by atoms with van der Waals surface area (Å²) >= 11 is 5.66. The minimum absolute atomic E-state index is 0.276. The van der Waals surface area contributed by atoms with Crippen molar-refractivity contribution in [2.45, 2.75) is 25.7 Å². The lowest BCUT2D eigenvalue weighted by atomic mass is 10.1. The van der Waals surface area contributed by atoms with Crippen molar-refractivity contribution < 1.29 is 10.2 Å². The summed E-state index contributed by atoms with van der Waals surface area (Å²) in [5.74, 6) is 6.19. The van der Waals surface area contributed by atoms with Crippen LogP contribution in [0.4, 0.5) is 0 Å². The molecule has 0 aliphatic carbocycles. The summed E-state index contributed by atoms with van der Waals surface area (Å²) in [4.78, 5) is 0. The first-order chi connectivity index (χ1) is 14.3. The van der Waals surface area contributed by atoms with Crippen LogP contribution in [0.3, 0.4) is 0 Å². The maximum absolute atomic E-state index is 8.81. The molecule has 5 heteroatoms. The number of hydrogen-bond acceptors (Lipinski definition) is 5. The summed E-state index contributed by atoms with van der Waals surface area (Å²) < 4.78 is 0. The van der Waals surface area contributed by atoms with Crippen molar-refractivity contribution in [2.75, 3.05) is 47.7 Å². The van der Waals surface area contributed by atoms with Gasteiger partial charge in [-0.25, -0.2) is 0 Å². The number of aliphatic hydroxyl groups excluding tert-OH is 2. The van der Waals surface area contributed by atoms with Gasteiger partial charge >= 0.3 is 0 Å². The Morgan fingerprint density at radius 1 is 0.414 bits per heavy atom. The first-order valence-electron chi connectivity index (χ1n) is 10.4. The van der Waals surface area contributed by atoms with E-state index in [0.29, 0.717) is 0 Å². The molecule has 0 saturated carbocycles. The highest BCUT2D eigenvalue weighted by molar-refractivity contribution is 7.99. The Kier molecular flexibility index (Phi) is 13.7. The van der Waals surface area contributed by atoms with E-state index in [0.717, 1.165) is 48.7 Å². The van der Waals surface area contributed by atoms with Crippen LogP contribution in [0.1, 0.15) is 22.3 Å². The zero-order valence-electron chi connectivity index (χ0n) is 17.2. The first-order valence-corrected chi connectivity index (χ1v) is 13.9. The molecule has 0 aliphatic heterocycles. The lowest BCUT2D eigenvalue weighted by molar-refractivity contribution is 0.322. The van der Waals surface area contributed by atoms with Crippen molar-refractivity contribution in [3.8, 4) is 0 Å². The van der Waals surface area contributed by atoms with Gasteiger partial charge in [0.2, 0.25) is 0 Å². The van der Waals surface area contributed by atoms with E-state index in [1.165, 1.54) is 33.8 Å². The Morgan fingerprint density at radius 3 is 0.897 bits per heavy atom. The lowest BCUT2D eigenvalue weighted by Crippen LogP contribution is -1.96. The molecule has 2 rings (SSSR count). The normalized spacial score (nSPS) is 11.1. The van der Waals surface area contributed by atoms with E-state index in [4.69, 9.17) is 10.2 Å². The van der Waals surface area contributed by atoms with E-state index in [9.17, 15) is 0 Å². The lowest BCUT2D eigenvalue weighted by Gasteiger charge is -2.06. The van der Waals surface area contributed by atoms with Gasteiger partial charge in [0, 0.05) is 11.5 Å². The molecule has 2 aromatic rings. The van der Waals surface area contributed by atoms with Gasteiger partial charge in [-0.15, -0.1) is 0 Å². The number of benzene rings is 2. The number of aliphatic hydroxyl groups is 2. The van der Waals surface area contributed by atoms with Gasteiger partial charge in [0.15, 0.2) is 0 Å². The fourth-order valence-corrected chi connectivity index (χ4v) is 5.33. The molecule has 0 radical (unpaired) electrons. The number of thioether (sulfide) groups is 3. The van der Waals surface area contributed by atoms with Crippen LogP contribution < -0.4 is 0 Å². The van der Waals surface area contributed by atoms with Crippen molar-refractivity contribution in [3.05, 3.63) is 70.8 Å². The first kappa shape index (κ1) is 24.7. The van der Waals surface area contributed by atoms with E-state index in [1.807, 2.05) is 35.3 Å². The smallest absolute Gasteiger partial charge is 0.0521 e. The third-order valence-electron chi connectivity index (χ3n) is 4.66. The van der Waals surface area contributed by atoms with Crippen molar-refractivity contribution in [1.29, 1.82) is 0 Å². The summed E-state index contributed by atoms with van der Waals surface area (Å²) in [7, 11) is 0. The molecule has 2 nitrogen and oxygen atoms in total. The van der Waals surface area contributed by atoms with Crippen molar-refractivity contribution >= 4 is 35.3 Å². The monoisotopic (exact) mass is 450 g/mol. The zero-order valence-corrected chi connectivity index (χ0v) is 19.7. The molecule has 0 bridgehead atoms. The molecule has 0 saturated heterocycles. The standard InChI is InChI=1S/C24H34O2S3/c25-13-19-28-17-11-23-5-1-21(2-6-23)9-15-27-16-10-22-3-7-24(8-4-22)12-18-29-20-14-26/h1-8,25-26H,9-20H2. The average Bonchev–Trinajstić information content (AvgIpc) is 2.76. The van der Waals surface area contributed by atoms with E-state index in [-0.39, 0.29) is 13.2 Å². The SMILES string of the molecule is OCCSCCc1ccc(CCSCCc2ccc(CCSCCO)cc2)cc1. The van der Waals surface area contributed by atoms with E-state index in [2.05, 4.69) is 48.5 Å². The molecular weight excluding hydrogens is 416 g/mol. The predicted molar refractivity (Wildman–Crippen MR) is 134 cm³/mol. The largest absolute Gasteiger partial charge is 0.396 e. The molecule has 0 amide bonds. The zero-order chi connectivity index (χ0) is 20.6. The average molecular weight is 451 g/mol. The van der Waals surface area contributed by atoms with Gasteiger partial charge in [-0.1, -0.05) is 48.5 Å². The molecule has 2 N–H and O–H groups in total. The van der Waals surface area contributed by atoms with Gasteiger partial charge in [-0.2, -0.15) is 35.3 Å². The quantitative estimate of drug-likeness (QED) is 0.362. The van der Waals surface area contributed by atoms with Crippen LogP contribution in [-0.2, 0) is 25.7 Å². The minimum Gasteiger partial charge on any atom is -0.396 e. The van der Waals surface area contributed by atoms with Crippen LogP contribution in [0.15, 0.2) is 48.5 Å². The van der Waals surface area contributed by atoms with Gasteiger partial charge in [0.05, 0.1) is 13.2 Å². The molecule has 0 heterocycles. The number of hydrogen-bond donors (Lipinski definition) is 2. The maximum atomic E-state index is 8.81. The highest BCUT2D eigenvalue weighted by atomic mass is 32.2. The van der Waals surface area contributed by atoms with Crippen LogP contribution >= 0.6 is 35.3 Å². The van der Waals surface area contributed by atoms with Gasteiger partial charge in [0.1, 0.15) is 0 Å². The molecule has 0 fully saturated rings. The van der Waals surface area contributed by atoms with Crippen molar-refractivity contribution in [3.63, 3.8) is 0 Å². The second-order valence-corrected chi connectivity index (χ2v) is 10.6. The van der Waals surface area contributed by atoms with Gasteiger partial charge in [-0.05, 0) is 70.9 Å². The van der Waals surface area contributed by atoms with Gasteiger partial charge in [-0.3, -0.25) is 0 Å². The molecule has 160 valence electrons. The maximum Gasteiger partial charge on any atom is 0.0521 e. The van der Waals surface area contributed by atoms with Crippen LogP contribution in [0, 0.1) is 0 Å². The van der Waals surface area contributed by atoms with Crippen LogP contribution in [-0.4, -0.2) is 57.9 Å². The summed E-state index contributed by atoms with van der Waals surface area (Å²) in [6.45, 7) is 0.551. The molecule has 29 heavy (non-hydrogen) atoms. The Bertz CT molecular complexity index is 587. The third kappa shape index (κ3) is 11.4. The molecule has 0 spiro atoms. The van der Waals surface area contributed by atoms with Crippen molar-refractivity contribution in [2.24, 2.45) is 0 Å². The summed E-state index contributed by atoms with van der Waals surface area (Å²) in [6, 6.07) is 18.1. The highest BCUT2D eigenvalue weighted by Crippen LogP contribution is 2.14. The summed E-state index contributed by atoms with van der Waals surface area (Å²) in [5.41, 5.74) is 5.63. The molecular formula is C24H34O2S3. The predicted octanol–water partition coefficient (Wildman–Crippen LogP) is 4.74. The fraction of sp³-hybridized carbons (Fsp3) is 0.500. The molecule has 0 aliphatic rings. The highest BCUT2D eigenvalue weighted by Gasteiger charge is 1.99. The van der Waals surface area contributed by atoms with E-state index < -0.39 is 0 Å². The Labute approximate surface area is 189 Å². The van der Waals surface area contributed by atoms with Gasteiger partial charge in [0.25, 0.3) is 0 Å². The molecule has 2 aromatic carbocycles. The van der Waals surface area contributed by atoms with Crippen LogP contribution in [0.25, 0.3) is 0 Å². The number of rotatable bonds is 16. The second kappa shape index (κ2) is 16.1. The Hall–Kier alpha value is -0.590.